The summed E-state index contributed by atoms with van der Waals surface area (Å²) in [5, 5.41) is 2.46. The van der Waals surface area contributed by atoms with Gasteiger partial charge in [-0.15, -0.1) is 0 Å². The number of nitrogens with zero attached hydrogens (tertiary/aromatic N) is 4. The zero-order valence-electron chi connectivity index (χ0n) is 15.7. The molecule has 2 aromatic heterocycles. The lowest BCUT2D eigenvalue weighted by Gasteiger charge is -2.13. The van der Waals surface area contributed by atoms with Gasteiger partial charge in [0.1, 0.15) is 24.2 Å². The van der Waals surface area contributed by atoms with Gasteiger partial charge < -0.3 is 10.1 Å². The maximum Gasteiger partial charge on any atom is 0.417 e. The van der Waals surface area contributed by atoms with Gasteiger partial charge >= 0.3 is 6.18 Å². The Bertz CT molecular complexity index is 1190. The van der Waals surface area contributed by atoms with Gasteiger partial charge in [0.05, 0.1) is 11.1 Å². The predicted molar refractivity (Wildman–Crippen MR) is 105 cm³/mol. The number of alkyl halides is 3. The third kappa shape index (κ3) is 4.69. The van der Waals surface area contributed by atoms with Gasteiger partial charge in [-0.3, -0.25) is 9.36 Å². The second kappa shape index (κ2) is 8.27. The molecule has 1 N–H and O–H groups in total. The van der Waals surface area contributed by atoms with Crippen LogP contribution in [0.5, 0.6) is 11.6 Å². The van der Waals surface area contributed by atoms with E-state index in [0.717, 1.165) is 12.1 Å². The highest BCUT2D eigenvalue weighted by atomic mass is 19.4. The maximum absolute atomic E-state index is 13.1. The molecule has 0 aliphatic heterocycles. The highest BCUT2D eigenvalue weighted by molar-refractivity contribution is 6.05. The molecule has 2 aromatic carbocycles. The monoisotopic (exact) mass is 425 g/mol. The van der Waals surface area contributed by atoms with Crippen molar-refractivity contribution in [2.45, 2.75) is 6.18 Å². The lowest BCUT2D eigenvalue weighted by atomic mass is 10.1. The second-order valence-electron chi connectivity index (χ2n) is 6.31. The number of hydrogen-bond acceptors (Lipinski definition) is 5. The van der Waals surface area contributed by atoms with Gasteiger partial charge in [-0.1, -0.05) is 12.1 Å². The lowest BCUT2D eigenvalue weighted by Crippen LogP contribution is -2.18. The zero-order chi connectivity index (χ0) is 21.8. The zero-order valence-corrected chi connectivity index (χ0v) is 15.7. The van der Waals surface area contributed by atoms with Crippen molar-refractivity contribution in [2.75, 3.05) is 5.32 Å². The van der Waals surface area contributed by atoms with Crippen LogP contribution in [0.3, 0.4) is 0 Å². The number of carbonyl (C=O) groups is 1. The molecule has 0 saturated carbocycles. The quantitative estimate of drug-likeness (QED) is 0.500. The third-order valence-electron chi connectivity index (χ3n) is 4.21. The topological polar surface area (TPSA) is 81.9 Å². The van der Waals surface area contributed by atoms with E-state index in [1.165, 1.54) is 30.6 Å². The Morgan fingerprint density at radius 1 is 1.03 bits per heavy atom. The van der Waals surface area contributed by atoms with E-state index in [2.05, 4.69) is 20.3 Å². The van der Waals surface area contributed by atoms with Crippen LogP contribution in [0.2, 0.25) is 0 Å². The van der Waals surface area contributed by atoms with Crippen LogP contribution >= 0.6 is 0 Å². The smallest absolute Gasteiger partial charge is 0.417 e. The average Bonchev–Trinajstić information content (AvgIpc) is 3.30. The number of carbonyl (C=O) groups excluding carboxylic acids is 1. The van der Waals surface area contributed by atoms with Crippen molar-refractivity contribution in [1.82, 2.24) is 19.5 Å². The third-order valence-corrected chi connectivity index (χ3v) is 4.21. The van der Waals surface area contributed by atoms with E-state index in [1.807, 2.05) is 0 Å². The van der Waals surface area contributed by atoms with E-state index in [1.54, 1.807) is 41.5 Å². The van der Waals surface area contributed by atoms with Crippen molar-refractivity contribution in [3.63, 3.8) is 0 Å². The fraction of sp³-hybridized carbons (Fsp3) is 0.0476. The molecule has 0 bridgehead atoms. The number of rotatable bonds is 5. The van der Waals surface area contributed by atoms with Crippen molar-refractivity contribution in [2.24, 2.45) is 0 Å². The number of aromatic nitrogens is 4. The largest absolute Gasteiger partial charge is 0.439 e. The minimum Gasteiger partial charge on any atom is -0.439 e. The van der Waals surface area contributed by atoms with Crippen LogP contribution in [0.4, 0.5) is 18.9 Å². The first-order valence-electron chi connectivity index (χ1n) is 8.96. The number of imidazole rings is 1. The highest BCUT2D eigenvalue weighted by Gasteiger charge is 2.34. The van der Waals surface area contributed by atoms with Gasteiger partial charge in [-0.05, 0) is 36.4 Å². The molecule has 4 aromatic rings. The van der Waals surface area contributed by atoms with E-state index in [9.17, 15) is 18.0 Å². The SMILES string of the molecule is O=C(Nc1ccc(Oc2cc(-n3ccnc3)ncn2)cc1)c1ccccc1C(F)(F)F. The summed E-state index contributed by atoms with van der Waals surface area (Å²) in [6, 6.07) is 12.4. The molecule has 4 rings (SSSR count). The van der Waals surface area contributed by atoms with Crippen LogP contribution in [0.15, 0.2) is 79.6 Å². The minimum absolute atomic E-state index is 0.287. The Labute approximate surface area is 174 Å². The molecule has 0 unspecified atom stereocenters. The van der Waals surface area contributed by atoms with Crippen molar-refractivity contribution >= 4 is 11.6 Å². The molecule has 156 valence electrons. The summed E-state index contributed by atoms with van der Waals surface area (Å²) in [5.74, 6) is 0.413. The van der Waals surface area contributed by atoms with E-state index in [-0.39, 0.29) is 5.88 Å². The molecule has 0 aliphatic rings. The van der Waals surface area contributed by atoms with Crippen molar-refractivity contribution in [1.29, 1.82) is 0 Å². The Morgan fingerprint density at radius 2 is 1.81 bits per heavy atom. The molecule has 0 spiro atoms. The maximum atomic E-state index is 13.1. The lowest BCUT2D eigenvalue weighted by molar-refractivity contribution is -0.137. The summed E-state index contributed by atoms with van der Waals surface area (Å²) in [4.78, 5) is 24.5. The summed E-state index contributed by atoms with van der Waals surface area (Å²) in [6.45, 7) is 0. The highest BCUT2D eigenvalue weighted by Crippen LogP contribution is 2.32. The van der Waals surface area contributed by atoms with Gasteiger partial charge in [0.2, 0.25) is 5.88 Å². The number of ether oxygens (including phenoxy) is 1. The Morgan fingerprint density at radius 3 is 2.52 bits per heavy atom. The molecule has 7 nitrogen and oxygen atoms in total. The standard InChI is InChI=1S/C21H14F3N5O2/c22-21(23,24)17-4-2-1-3-16(17)20(30)28-14-5-7-15(8-6-14)31-19-11-18(26-12-27-19)29-10-9-25-13-29/h1-13H,(H,28,30). The van der Waals surface area contributed by atoms with Crippen molar-refractivity contribution < 1.29 is 22.7 Å². The average molecular weight is 425 g/mol. The van der Waals surface area contributed by atoms with Crippen LogP contribution in [0.25, 0.3) is 5.82 Å². The summed E-state index contributed by atoms with van der Waals surface area (Å²) in [5.41, 5.74) is -1.13. The summed E-state index contributed by atoms with van der Waals surface area (Å²) < 4.78 is 46.7. The number of amides is 1. The molecule has 31 heavy (non-hydrogen) atoms. The Balaban J connectivity index is 1.46. The van der Waals surface area contributed by atoms with Gasteiger partial charge in [-0.25, -0.2) is 15.0 Å². The normalized spacial score (nSPS) is 11.2. The first-order chi connectivity index (χ1) is 14.9. The number of nitrogens with one attached hydrogen (secondary N) is 1. The van der Waals surface area contributed by atoms with Crippen LogP contribution in [-0.2, 0) is 6.18 Å². The van der Waals surface area contributed by atoms with Crippen LogP contribution in [0.1, 0.15) is 15.9 Å². The van der Waals surface area contributed by atoms with Crippen LogP contribution in [0, 0.1) is 0 Å². The van der Waals surface area contributed by atoms with E-state index in [0.29, 0.717) is 17.3 Å². The molecular weight excluding hydrogens is 411 g/mol. The first-order valence-corrected chi connectivity index (χ1v) is 8.96. The molecule has 2 heterocycles. The van der Waals surface area contributed by atoms with Gasteiger partial charge in [-0.2, -0.15) is 13.2 Å². The molecule has 0 atom stereocenters. The molecule has 10 heteroatoms. The van der Waals surface area contributed by atoms with Crippen LogP contribution < -0.4 is 10.1 Å². The predicted octanol–water partition coefficient (Wildman–Crippen LogP) is 4.73. The fourth-order valence-electron chi connectivity index (χ4n) is 2.78. The molecule has 1 amide bonds. The second-order valence-corrected chi connectivity index (χ2v) is 6.31. The fourth-order valence-corrected chi connectivity index (χ4v) is 2.78. The summed E-state index contributed by atoms with van der Waals surface area (Å²) in [6.07, 6.45) is 1.64. The number of benzene rings is 2. The van der Waals surface area contributed by atoms with E-state index >= 15 is 0 Å². The van der Waals surface area contributed by atoms with Gasteiger partial charge in [0.15, 0.2) is 0 Å². The van der Waals surface area contributed by atoms with Gasteiger partial charge in [0.25, 0.3) is 5.91 Å². The minimum atomic E-state index is -4.63. The molecule has 0 fully saturated rings. The summed E-state index contributed by atoms with van der Waals surface area (Å²) >= 11 is 0. The van der Waals surface area contributed by atoms with E-state index in [4.69, 9.17) is 4.74 Å². The van der Waals surface area contributed by atoms with Crippen molar-refractivity contribution in [3.8, 4) is 17.4 Å². The molecule has 0 radical (unpaired) electrons. The Hall–Kier alpha value is -4.21. The summed E-state index contributed by atoms with van der Waals surface area (Å²) in [7, 11) is 0. The van der Waals surface area contributed by atoms with Gasteiger partial charge in [0, 0.05) is 24.1 Å². The molecule has 0 aliphatic carbocycles. The first kappa shape index (κ1) is 20.1. The number of anilines is 1. The van der Waals surface area contributed by atoms with Crippen molar-refractivity contribution in [3.05, 3.63) is 90.8 Å². The van der Waals surface area contributed by atoms with Crippen LogP contribution in [-0.4, -0.2) is 25.4 Å². The Kier molecular flexibility index (Phi) is 5.35. The number of hydrogen-bond donors (Lipinski definition) is 1. The van der Waals surface area contributed by atoms with E-state index < -0.39 is 23.2 Å². The molecular formula is C21H14F3N5O2. The molecule has 0 saturated heterocycles. The number of halogens is 3.